The zero-order valence-corrected chi connectivity index (χ0v) is 11.9. The summed E-state index contributed by atoms with van der Waals surface area (Å²) in [5.41, 5.74) is 0. The highest BCUT2D eigenvalue weighted by Crippen LogP contribution is 2.19. The number of hydrogen-bond acceptors (Lipinski definition) is 6. The number of nitrogens with zero attached hydrogens (tertiary/aromatic N) is 3. The van der Waals surface area contributed by atoms with Crippen LogP contribution < -0.4 is 5.32 Å². The zero-order valence-electron chi connectivity index (χ0n) is 11.0. The maximum atomic E-state index is 12.1. The maximum absolute atomic E-state index is 12.1. The van der Waals surface area contributed by atoms with Crippen LogP contribution in [0, 0.1) is 6.92 Å². The molecule has 20 heavy (non-hydrogen) atoms. The normalized spacial score (nSPS) is 18.9. The summed E-state index contributed by atoms with van der Waals surface area (Å²) in [5, 5.41) is 15.2. The Morgan fingerprint density at radius 2 is 2.40 bits per heavy atom. The summed E-state index contributed by atoms with van der Waals surface area (Å²) in [6, 6.07) is -0.580. The van der Waals surface area contributed by atoms with E-state index in [9.17, 15) is 9.59 Å². The van der Waals surface area contributed by atoms with Crippen molar-refractivity contribution in [3.05, 3.63) is 11.7 Å². The summed E-state index contributed by atoms with van der Waals surface area (Å²) in [5.74, 6) is 1.38. The zero-order chi connectivity index (χ0) is 14.5. The molecule has 110 valence electrons. The van der Waals surface area contributed by atoms with Crippen molar-refractivity contribution in [1.82, 2.24) is 20.4 Å². The number of aryl methyl sites for hydroxylation is 1. The van der Waals surface area contributed by atoms with Crippen molar-refractivity contribution in [2.45, 2.75) is 25.9 Å². The topological polar surface area (TPSA) is 109 Å². The molecule has 0 radical (unpaired) electrons. The molecule has 8 nitrogen and oxygen atoms in total. The summed E-state index contributed by atoms with van der Waals surface area (Å²) >= 11 is 1.66. The smallest absolute Gasteiger partial charge is 0.318 e. The fourth-order valence-corrected chi connectivity index (χ4v) is 3.02. The average Bonchev–Trinajstić information content (AvgIpc) is 2.82. The Bertz CT molecular complexity index is 493. The van der Waals surface area contributed by atoms with E-state index in [0.29, 0.717) is 24.0 Å². The van der Waals surface area contributed by atoms with Gasteiger partial charge in [0.2, 0.25) is 5.89 Å². The number of aromatic nitrogens is 2. The van der Waals surface area contributed by atoms with E-state index in [1.54, 1.807) is 23.6 Å². The van der Waals surface area contributed by atoms with Crippen molar-refractivity contribution >= 4 is 23.8 Å². The van der Waals surface area contributed by atoms with Crippen molar-refractivity contribution in [1.29, 1.82) is 0 Å². The largest absolute Gasteiger partial charge is 0.481 e. The van der Waals surface area contributed by atoms with E-state index < -0.39 is 5.97 Å². The Morgan fingerprint density at radius 3 is 3.05 bits per heavy atom. The fraction of sp³-hybridized carbons (Fsp3) is 0.636. The van der Waals surface area contributed by atoms with Gasteiger partial charge in [-0.15, -0.1) is 0 Å². The molecular formula is C11H16N4O4S. The lowest BCUT2D eigenvalue weighted by Crippen LogP contribution is -2.51. The van der Waals surface area contributed by atoms with Gasteiger partial charge >= 0.3 is 12.0 Å². The van der Waals surface area contributed by atoms with Crippen LogP contribution in [-0.4, -0.2) is 56.2 Å². The molecule has 1 aliphatic rings. The fourth-order valence-electron chi connectivity index (χ4n) is 1.96. The van der Waals surface area contributed by atoms with Crippen molar-refractivity contribution in [2.75, 3.05) is 18.1 Å². The standard InChI is InChI=1S/C11H16N4O4S/c1-7-13-9(19-14-7)5-12-11(18)15-2-3-20-6-8(15)4-10(16)17/h8H,2-6H2,1H3,(H,12,18)(H,16,17). The number of carbonyl (C=O) groups excluding carboxylic acids is 1. The third-order valence-corrected chi connectivity index (χ3v) is 3.95. The van der Waals surface area contributed by atoms with Crippen LogP contribution in [0.25, 0.3) is 0 Å². The second-order valence-corrected chi connectivity index (χ2v) is 5.56. The predicted molar refractivity (Wildman–Crippen MR) is 71.3 cm³/mol. The van der Waals surface area contributed by atoms with E-state index in [2.05, 4.69) is 15.5 Å². The third kappa shape index (κ3) is 3.86. The molecule has 1 unspecified atom stereocenters. The first-order valence-corrected chi connectivity index (χ1v) is 7.35. The second kappa shape index (κ2) is 6.60. The quantitative estimate of drug-likeness (QED) is 0.832. The van der Waals surface area contributed by atoms with E-state index in [-0.39, 0.29) is 25.0 Å². The van der Waals surface area contributed by atoms with E-state index in [1.165, 1.54) is 0 Å². The molecule has 0 aliphatic carbocycles. The van der Waals surface area contributed by atoms with Gasteiger partial charge in [0, 0.05) is 18.1 Å². The molecule has 2 N–H and O–H groups in total. The van der Waals surface area contributed by atoms with Gasteiger partial charge in [-0.05, 0) is 6.92 Å². The van der Waals surface area contributed by atoms with Gasteiger partial charge in [0.05, 0.1) is 19.0 Å². The van der Waals surface area contributed by atoms with Crippen LogP contribution in [0.5, 0.6) is 0 Å². The van der Waals surface area contributed by atoms with Gasteiger partial charge < -0.3 is 19.8 Å². The SMILES string of the molecule is Cc1noc(CNC(=O)N2CCSCC2CC(=O)O)n1. The second-order valence-electron chi connectivity index (χ2n) is 4.41. The number of urea groups is 1. The molecule has 0 spiro atoms. The third-order valence-electron chi connectivity index (χ3n) is 2.86. The van der Waals surface area contributed by atoms with Crippen LogP contribution in [0.2, 0.25) is 0 Å². The van der Waals surface area contributed by atoms with Gasteiger partial charge in [0.1, 0.15) is 0 Å². The Morgan fingerprint density at radius 1 is 1.60 bits per heavy atom. The summed E-state index contributed by atoms with van der Waals surface area (Å²) in [6.45, 7) is 2.37. The van der Waals surface area contributed by atoms with E-state index >= 15 is 0 Å². The Labute approximate surface area is 119 Å². The molecule has 1 aromatic heterocycles. The summed E-state index contributed by atoms with van der Waals surface area (Å²) in [6.07, 6.45) is -0.0416. The van der Waals surface area contributed by atoms with Crippen LogP contribution in [0.4, 0.5) is 4.79 Å². The number of thioether (sulfide) groups is 1. The molecule has 1 aromatic rings. The van der Waals surface area contributed by atoms with Gasteiger partial charge in [-0.1, -0.05) is 5.16 Å². The van der Waals surface area contributed by atoms with E-state index in [1.807, 2.05) is 0 Å². The number of amides is 2. The number of nitrogens with one attached hydrogen (secondary N) is 1. The van der Waals surface area contributed by atoms with Crippen LogP contribution in [0.3, 0.4) is 0 Å². The number of aliphatic carboxylic acids is 1. The lowest BCUT2D eigenvalue weighted by molar-refractivity contribution is -0.138. The Kier molecular flexibility index (Phi) is 4.83. The summed E-state index contributed by atoms with van der Waals surface area (Å²) in [4.78, 5) is 28.5. The lowest BCUT2D eigenvalue weighted by Gasteiger charge is -2.34. The number of carboxylic acid groups (broad SMARTS) is 1. The molecule has 0 bridgehead atoms. The molecule has 1 saturated heterocycles. The van der Waals surface area contributed by atoms with Crippen LogP contribution >= 0.6 is 11.8 Å². The predicted octanol–water partition coefficient (Wildman–Crippen LogP) is 0.480. The maximum Gasteiger partial charge on any atom is 0.318 e. The minimum atomic E-state index is -0.900. The van der Waals surface area contributed by atoms with Crippen molar-refractivity contribution < 1.29 is 19.2 Å². The molecule has 0 aromatic carbocycles. The minimum Gasteiger partial charge on any atom is -0.481 e. The van der Waals surface area contributed by atoms with Crippen LogP contribution in [-0.2, 0) is 11.3 Å². The lowest BCUT2D eigenvalue weighted by atomic mass is 10.2. The first-order chi connectivity index (χ1) is 9.56. The van der Waals surface area contributed by atoms with Gasteiger partial charge in [-0.3, -0.25) is 4.79 Å². The minimum absolute atomic E-state index is 0.0416. The highest BCUT2D eigenvalue weighted by atomic mass is 32.2. The number of hydrogen-bond donors (Lipinski definition) is 2. The molecule has 2 amide bonds. The highest BCUT2D eigenvalue weighted by molar-refractivity contribution is 7.99. The average molecular weight is 300 g/mol. The molecule has 2 heterocycles. The molecule has 0 saturated carbocycles. The van der Waals surface area contributed by atoms with E-state index in [4.69, 9.17) is 9.63 Å². The van der Waals surface area contributed by atoms with Crippen molar-refractivity contribution in [3.8, 4) is 0 Å². The monoisotopic (exact) mass is 300 g/mol. The molecule has 1 atom stereocenters. The summed E-state index contributed by atoms with van der Waals surface area (Å²) < 4.78 is 4.90. The first kappa shape index (κ1) is 14.6. The molecule has 1 aliphatic heterocycles. The van der Waals surface area contributed by atoms with Crippen LogP contribution in [0.15, 0.2) is 4.52 Å². The molecule has 9 heteroatoms. The number of rotatable bonds is 4. The van der Waals surface area contributed by atoms with E-state index in [0.717, 1.165) is 5.75 Å². The number of carboxylic acids is 1. The number of carbonyl (C=O) groups is 2. The van der Waals surface area contributed by atoms with Crippen molar-refractivity contribution in [2.24, 2.45) is 0 Å². The van der Waals surface area contributed by atoms with Gasteiger partial charge in [0.15, 0.2) is 5.82 Å². The Hall–Kier alpha value is -1.77. The Balaban J connectivity index is 1.90. The molecule has 2 rings (SSSR count). The highest BCUT2D eigenvalue weighted by Gasteiger charge is 2.28. The first-order valence-electron chi connectivity index (χ1n) is 6.19. The van der Waals surface area contributed by atoms with Gasteiger partial charge in [0.25, 0.3) is 0 Å². The molecular weight excluding hydrogens is 284 g/mol. The van der Waals surface area contributed by atoms with Crippen LogP contribution in [0.1, 0.15) is 18.1 Å². The van der Waals surface area contributed by atoms with Gasteiger partial charge in [-0.25, -0.2) is 4.79 Å². The molecule has 1 fully saturated rings. The van der Waals surface area contributed by atoms with Gasteiger partial charge in [-0.2, -0.15) is 16.7 Å². The van der Waals surface area contributed by atoms with Crippen molar-refractivity contribution in [3.63, 3.8) is 0 Å². The summed E-state index contributed by atoms with van der Waals surface area (Å²) in [7, 11) is 0.